The molecule has 21 heavy (non-hydrogen) atoms. The summed E-state index contributed by atoms with van der Waals surface area (Å²) in [5.74, 6) is 1.71. The number of thioether (sulfide) groups is 1. The highest BCUT2D eigenvalue weighted by atomic mass is 32.2. The van der Waals surface area contributed by atoms with Crippen molar-refractivity contribution in [3.05, 3.63) is 29.8 Å². The highest BCUT2D eigenvalue weighted by Crippen LogP contribution is 2.34. The molecule has 3 nitrogen and oxygen atoms in total. The Balaban J connectivity index is 1.50. The fraction of sp³-hybridized carbons (Fsp3) is 0.588. The van der Waals surface area contributed by atoms with Crippen molar-refractivity contribution in [1.82, 2.24) is 5.32 Å². The molecule has 0 radical (unpaired) electrons. The molecule has 0 aromatic heterocycles. The van der Waals surface area contributed by atoms with Crippen molar-refractivity contribution in [3.63, 3.8) is 0 Å². The van der Waals surface area contributed by atoms with Crippen LogP contribution in [0.3, 0.4) is 0 Å². The van der Waals surface area contributed by atoms with Gasteiger partial charge in [0.25, 0.3) is 0 Å². The van der Waals surface area contributed by atoms with E-state index in [1.165, 1.54) is 23.4 Å². The largest absolute Gasteiger partial charge is 0.384 e. The topological polar surface area (TPSA) is 41.1 Å². The zero-order valence-corrected chi connectivity index (χ0v) is 13.4. The van der Waals surface area contributed by atoms with Crippen LogP contribution in [0.1, 0.15) is 44.1 Å². The van der Waals surface area contributed by atoms with Gasteiger partial charge in [-0.1, -0.05) is 25.1 Å². The van der Waals surface area contributed by atoms with Crippen LogP contribution in [0.2, 0.25) is 0 Å². The summed E-state index contributed by atoms with van der Waals surface area (Å²) in [4.78, 5) is 12.3. The molecule has 1 fully saturated rings. The quantitative estimate of drug-likeness (QED) is 0.876. The van der Waals surface area contributed by atoms with Gasteiger partial charge in [-0.2, -0.15) is 11.8 Å². The molecule has 0 spiro atoms. The number of benzene rings is 1. The van der Waals surface area contributed by atoms with Crippen molar-refractivity contribution in [2.24, 2.45) is 0 Å². The van der Waals surface area contributed by atoms with E-state index in [1.807, 2.05) is 17.8 Å². The van der Waals surface area contributed by atoms with Crippen LogP contribution < -0.4 is 10.6 Å². The number of rotatable bonds is 5. The van der Waals surface area contributed by atoms with E-state index < -0.39 is 0 Å². The molecule has 4 heteroatoms. The first-order valence-electron chi connectivity index (χ1n) is 8.00. The Kier molecular flexibility index (Phi) is 4.73. The number of nitrogens with one attached hydrogen (secondary N) is 2. The lowest BCUT2D eigenvalue weighted by molar-refractivity contribution is -0.122. The third kappa shape index (κ3) is 3.54. The first-order chi connectivity index (χ1) is 10.3. The first-order valence-corrected chi connectivity index (χ1v) is 9.05. The van der Waals surface area contributed by atoms with E-state index in [4.69, 9.17) is 0 Å². The maximum absolute atomic E-state index is 12.3. The molecular formula is C17H24N2OS. The molecule has 1 aromatic rings. The summed E-state index contributed by atoms with van der Waals surface area (Å²) in [5.41, 5.74) is 2.48. The Bertz CT molecular complexity index is 505. The number of hydrogen-bond donors (Lipinski definition) is 2. The Morgan fingerprint density at radius 1 is 1.38 bits per heavy atom. The molecule has 1 aromatic carbocycles. The third-order valence-electron chi connectivity index (χ3n) is 4.52. The molecule has 1 heterocycles. The Hall–Kier alpha value is -1.16. The van der Waals surface area contributed by atoms with Crippen LogP contribution >= 0.6 is 11.8 Å². The van der Waals surface area contributed by atoms with Gasteiger partial charge in [0.05, 0.1) is 0 Å². The molecule has 3 unspecified atom stereocenters. The fourth-order valence-corrected chi connectivity index (χ4v) is 4.65. The minimum atomic E-state index is 0.214. The summed E-state index contributed by atoms with van der Waals surface area (Å²) in [6.07, 6.45) is 4.13. The predicted molar refractivity (Wildman–Crippen MR) is 90.0 cm³/mol. The van der Waals surface area contributed by atoms with Crippen molar-refractivity contribution in [3.8, 4) is 0 Å². The Morgan fingerprint density at radius 3 is 3.10 bits per heavy atom. The van der Waals surface area contributed by atoms with E-state index >= 15 is 0 Å². The van der Waals surface area contributed by atoms with Gasteiger partial charge in [0, 0.05) is 35.9 Å². The minimum Gasteiger partial charge on any atom is -0.384 e. The number of carbonyl (C=O) groups excluding carboxylic acids is 1. The molecule has 1 aliphatic carbocycles. The van der Waals surface area contributed by atoms with Gasteiger partial charge < -0.3 is 10.6 Å². The van der Waals surface area contributed by atoms with Crippen molar-refractivity contribution in [2.45, 2.75) is 49.8 Å². The second kappa shape index (κ2) is 6.73. The van der Waals surface area contributed by atoms with Gasteiger partial charge >= 0.3 is 0 Å². The minimum absolute atomic E-state index is 0.214. The molecule has 3 rings (SSSR count). The molecule has 2 N–H and O–H groups in total. The van der Waals surface area contributed by atoms with Crippen LogP contribution in [0.25, 0.3) is 0 Å². The first kappa shape index (κ1) is 14.8. The van der Waals surface area contributed by atoms with Crippen LogP contribution in [0, 0.1) is 0 Å². The Morgan fingerprint density at radius 2 is 2.24 bits per heavy atom. The van der Waals surface area contributed by atoms with Crippen LogP contribution in [-0.4, -0.2) is 29.5 Å². The molecule has 2 aliphatic rings. The molecule has 0 saturated heterocycles. The summed E-state index contributed by atoms with van der Waals surface area (Å²) in [7, 11) is 0. The van der Waals surface area contributed by atoms with Gasteiger partial charge in [-0.15, -0.1) is 0 Å². The number of anilines is 1. The number of carbonyl (C=O) groups is 1. The summed E-state index contributed by atoms with van der Waals surface area (Å²) in [6.45, 7) is 3.09. The standard InChI is InChI=1S/C17H24N2OS/c1-2-21-14-8-7-13(10-14)19-17(20)9-12-11-18-16-6-4-3-5-15(12)16/h3-6,12-14,18H,2,7-11H2,1H3,(H,19,20). The van der Waals surface area contributed by atoms with Crippen LogP contribution in [-0.2, 0) is 4.79 Å². The van der Waals surface area contributed by atoms with Crippen LogP contribution in [0.15, 0.2) is 24.3 Å². The molecular weight excluding hydrogens is 280 g/mol. The predicted octanol–water partition coefficient (Wildman–Crippen LogP) is 3.38. The lowest BCUT2D eigenvalue weighted by atomic mass is 9.97. The summed E-state index contributed by atoms with van der Waals surface area (Å²) >= 11 is 2.03. The SMILES string of the molecule is CCSC1CCC(NC(=O)CC2CNc3ccccc32)C1. The van der Waals surface area contributed by atoms with Crippen molar-refractivity contribution < 1.29 is 4.79 Å². The summed E-state index contributed by atoms with van der Waals surface area (Å²) in [5, 5.41) is 7.38. The second-order valence-electron chi connectivity index (χ2n) is 6.02. The van der Waals surface area contributed by atoms with Gasteiger partial charge in [-0.3, -0.25) is 4.79 Å². The molecule has 3 atom stereocenters. The lowest BCUT2D eigenvalue weighted by Gasteiger charge is -2.15. The van der Waals surface area contributed by atoms with E-state index in [1.54, 1.807) is 0 Å². The zero-order chi connectivity index (χ0) is 14.7. The van der Waals surface area contributed by atoms with Gasteiger partial charge in [0.2, 0.25) is 5.91 Å². The Labute approximate surface area is 131 Å². The summed E-state index contributed by atoms with van der Waals surface area (Å²) in [6, 6.07) is 8.72. The maximum atomic E-state index is 12.3. The number of para-hydroxylation sites is 1. The van der Waals surface area contributed by atoms with Crippen molar-refractivity contribution in [2.75, 3.05) is 17.6 Å². The maximum Gasteiger partial charge on any atom is 0.220 e. The van der Waals surface area contributed by atoms with Gasteiger partial charge in [-0.05, 0) is 36.6 Å². The van der Waals surface area contributed by atoms with E-state index in [2.05, 4.69) is 35.8 Å². The molecule has 114 valence electrons. The number of amides is 1. The zero-order valence-electron chi connectivity index (χ0n) is 12.6. The van der Waals surface area contributed by atoms with Gasteiger partial charge in [-0.25, -0.2) is 0 Å². The molecule has 1 aliphatic heterocycles. The molecule has 1 saturated carbocycles. The summed E-state index contributed by atoms with van der Waals surface area (Å²) < 4.78 is 0. The molecule has 1 amide bonds. The van der Waals surface area contributed by atoms with E-state index in [0.29, 0.717) is 18.4 Å². The average molecular weight is 304 g/mol. The van der Waals surface area contributed by atoms with E-state index in [9.17, 15) is 4.79 Å². The van der Waals surface area contributed by atoms with E-state index in [-0.39, 0.29) is 5.91 Å². The third-order valence-corrected chi connectivity index (χ3v) is 5.76. The van der Waals surface area contributed by atoms with E-state index in [0.717, 1.165) is 24.6 Å². The lowest BCUT2D eigenvalue weighted by Crippen LogP contribution is -2.34. The van der Waals surface area contributed by atoms with Gasteiger partial charge in [0.1, 0.15) is 0 Å². The second-order valence-corrected chi connectivity index (χ2v) is 7.60. The van der Waals surface area contributed by atoms with Crippen LogP contribution in [0.5, 0.6) is 0 Å². The number of hydrogen-bond acceptors (Lipinski definition) is 3. The fourth-order valence-electron chi connectivity index (χ4n) is 3.51. The highest BCUT2D eigenvalue weighted by Gasteiger charge is 2.28. The normalized spacial score (nSPS) is 27.2. The van der Waals surface area contributed by atoms with Crippen molar-refractivity contribution in [1.29, 1.82) is 0 Å². The highest BCUT2D eigenvalue weighted by molar-refractivity contribution is 7.99. The van der Waals surface area contributed by atoms with Gasteiger partial charge in [0.15, 0.2) is 0 Å². The number of fused-ring (bicyclic) bond motifs is 1. The van der Waals surface area contributed by atoms with Crippen molar-refractivity contribution >= 4 is 23.4 Å². The smallest absolute Gasteiger partial charge is 0.220 e. The molecule has 0 bridgehead atoms. The van der Waals surface area contributed by atoms with Crippen LogP contribution in [0.4, 0.5) is 5.69 Å². The average Bonchev–Trinajstić information content (AvgIpc) is 3.07. The monoisotopic (exact) mass is 304 g/mol.